The van der Waals surface area contributed by atoms with Gasteiger partial charge >= 0.3 is 7.82 Å². The summed E-state index contributed by atoms with van der Waals surface area (Å²) in [5.41, 5.74) is 0. The first-order valence-electron chi connectivity index (χ1n) is 3.49. The fourth-order valence-corrected chi connectivity index (χ4v) is 1.64. The summed E-state index contributed by atoms with van der Waals surface area (Å²) in [6.45, 7) is 2.64. The second-order valence-electron chi connectivity index (χ2n) is 2.00. The lowest BCUT2D eigenvalue weighted by Gasteiger charge is -2.05. The van der Waals surface area contributed by atoms with Crippen LogP contribution in [0, 0.1) is 0 Å². The van der Waals surface area contributed by atoms with Gasteiger partial charge in [0.05, 0.1) is 19.5 Å². The van der Waals surface area contributed by atoms with E-state index in [-0.39, 0.29) is 0 Å². The number of allylic oxidation sites excluding steroid dienone is 1. The van der Waals surface area contributed by atoms with Crippen LogP contribution >= 0.6 is 7.82 Å². The summed E-state index contributed by atoms with van der Waals surface area (Å²) >= 11 is 0. The highest BCUT2D eigenvalue weighted by atomic mass is 31.2. The zero-order valence-corrected chi connectivity index (χ0v) is 7.25. The molecular weight excluding hydrogens is 167 g/mol. The summed E-state index contributed by atoms with van der Waals surface area (Å²) in [7, 11) is -3.19. The molecule has 0 bridgehead atoms. The minimum absolute atomic E-state index is 0.344. The van der Waals surface area contributed by atoms with Gasteiger partial charge in [-0.05, 0) is 12.5 Å². The van der Waals surface area contributed by atoms with Crippen LogP contribution in [-0.2, 0) is 18.1 Å². The van der Waals surface area contributed by atoms with Gasteiger partial charge in [0, 0.05) is 0 Å². The second-order valence-corrected chi connectivity index (χ2v) is 3.62. The molecule has 1 rings (SSSR count). The summed E-state index contributed by atoms with van der Waals surface area (Å²) in [6.07, 6.45) is 3.93. The summed E-state index contributed by atoms with van der Waals surface area (Å²) < 4.78 is 25.4. The third-order valence-corrected chi connectivity index (χ3v) is 2.48. The lowest BCUT2D eigenvalue weighted by atomic mass is 10.5. The van der Waals surface area contributed by atoms with E-state index in [4.69, 9.17) is 13.6 Å². The molecule has 0 N–H and O–H groups in total. The SMILES string of the molecule is CCC=COP1(=O)OCCO1. The van der Waals surface area contributed by atoms with Crippen molar-refractivity contribution >= 4 is 7.82 Å². The van der Waals surface area contributed by atoms with Crippen molar-refractivity contribution in [2.75, 3.05) is 13.2 Å². The molecular formula is C6H11O4P. The van der Waals surface area contributed by atoms with Crippen LogP contribution in [0.2, 0.25) is 0 Å². The first-order valence-corrected chi connectivity index (χ1v) is 4.95. The first-order chi connectivity index (χ1) is 5.27. The molecule has 0 spiro atoms. The van der Waals surface area contributed by atoms with Crippen molar-refractivity contribution in [3.8, 4) is 0 Å². The number of hydrogen-bond donors (Lipinski definition) is 0. The predicted octanol–water partition coefficient (Wildman–Crippen LogP) is 2.08. The van der Waals surface area contributed by atoms with E-state index in [1.54, 1.807) is 6.08 Å². The van der Waals surface area contributed by atoms with Gasteiger partial charge in [0.15, 0.2) is 0 Å². The van der Waals surface area contributed by atoms with Gasteiger partial charge in [0.2, 0.25) is 0 Å². The molecule has 1 aliphatic heterocycles. The maximum atomic E-state index is 11.2. The Kier molecular flexibility index (Phi) is 3.12. The van der Waals surface area contributed by atoms with Crippen molar-refractivity contribution in [2.24, 2.45) is 0 Å². The van der Waals surface area contributed by atoms with E-state index in [1.807, 2.05) is 6.92 Å². The topological polar surface area (TPSA) is 44.8 Å². The van der Waals surface area contributed by atoms with Crippen molar-refractivity contribution in [1.82, 2.24) is 0 Å². The van der Waals surface area contributed by atoms with Gasteiger partial charge in [0.25, 0.3) is 0 Å². The van der Waals surface area contributed by atoms with Gasteiger partial charge in [-0.2, -0.15) is 0 Å². The fourth-order valence-electron chi connectivity index (χ4n) is 0.610. The van der Waals surface area contributed by atoms with E-state index in [0.29, 0.717) is 13.2 Å². The molecule has 0 aliphatic carbocycles. The minimum Gasteiger partial charge on any atom is -0.412 e. The molecule has 1 saturated heterocycles. The largest absolute Gasteiger partial charge is 0.529 e. The number of hydrogen-bond acceptors (Lipinski definition) is 4. The highest BCUT2D eigenvalue weighted by Gasteiger charge is 2.31. The zero-order chi connectivity index (χ0) is 8.16. The summed E-state index contributed by atoms with van der Waals surface area (Å²) in [4.78, 5) is 0. The van der Waals surface area contributed by atoms with E-state index in [1.165, 1.54) is 6.26 Å². The van der Waals surface area contributed by atoms with Gasteiger partial charge in [-0.3, -0.25) is 9.05 Å². The molecule has 0 aromatic carbocycles. The van der Waals surface area contributed by atoms with E-state index in [2.05, 4.69) is 0 Å². The third-order valence-electron chi connectivity index (χ3n) is 1.10. The molecule has 0 aromatic rings. The van der Waals surface area contributed by atoms with Crippen molar-refractivity contribution in [3.63, 3.8) is 0 Å². The molecule has 0 amide bonds. The Morgan fingerprint density at radius 3 is 2.73 bits per heavy atom. The normalized spacial score (nSPS) is 22.6. The van der Waals surface area contributed by atoms with Crippen LogP contribution in [0.5, 0.6) is 0 Å². The molecule has 0 radical (unpaired) electrons. The monoisotopic (exact) mass is 178 g/mol. The molecule has 0 atom stereocenters. The Bertz CT molecular complexity index is 179. The maximum absolute atomic E-state index is 11.2. The van der Waals surface area contributed by atoms with Crippen molar-refractivity contribution in [1.29, 1.82) is 0 Å². The Morgan fingerprint density at radius 2 is 2.18 bits per heavy atom. The van der Waals surface area contributed by atoms with Crippen LogP contribution in [0.4, 0.5) is 0 Å². The van der Waals surface area contributed by atoms with E-state index < -0.39 is 7.82 Å². The summed E-state index contributed by atoms with van der Waals surface area (Å²) in [5.74, 6) is 0. The highest BCUT2D eigenvalue weighted by Crippen LogP contribution is 2.52. The van der Waals surface area contributed by atoms with Crippen LogP contribution in [0.1, 0.15) is 13.3 Å². The van der Waals surface area contributed by atoms with Crippen molar-refractivity contribution in [2.45, 2.75) is 13.3 Å². The van der Waals surface area contributed by atoms with E-state index >= 15 is 0 Å². The van der Waals surface area contributed by atoms with Gasteiger partial charge in [-0.15, -0.1) is 0 Å². The molecule has 0 aromatic heterocycles. The van der Waals surface area contributed by atoms with Crippen LogP contribution in [0.15, 0.2) is 12.3 Å². The molecule has 64 valence electrons. The summed E-state index contributed by atoms with van der Waals surface area (Å²) in [6, 6.07) is 0. The standard InChI is InChI=1S/C6H11O4P/c1-2-3-4-8-11(7)9-5-6-10-11/h3-4H,2,5-6H2,1H3. The van der Waals surface area contributed by atoms with Crippen molar-refractivity contribution < 1.29 is 18.1 Å². The van der Waals surface area contributed by atoms with Crippen LogP contribution in [0.25, 0.3) is 0 Å². The van der Waals surface area contributed by atoms with Crippen molar-refractivity contribution in [3.05, 3.63) is 12.3 Å². The Labute approximate surface area is 65.8 Å². The molecule has 5 heteroatoms. The lowest BCUT2D eigenvalue weighted by Crippen LogP contribution is -1.81. The average Bonchev–Trinajstić information content (AvgIpc) is 2.38. The molecule has 11 heavy (non-hydrogen) atoms. The van der Waals surface area contributed by atoms with E-state index in [0.717, 1.165) is 6.42 Å². The maximum Gasteiger partial charge on any atom is 0.529 e. The molecule has 0 unspecified atom stereocenters. The zero-order valence-electron chi connectivity index (χ0n) is 6.36. The quantitative estimate of drug-likeness (QED) is 0.490. The first kappa shape index (κ1) is 8.78. The average molecular weight is 178 g/mol. The lowest BCUT2D eigenvalue weighted by molar-refractivity contribution is 0.247. The Hall–Kier alpha value is -0.310. The van der Waals surface area contributed by atoms with Gasteiger partial charge in [-0.25, -0.2) is 4.57 Å². The minimum atomic E-state index is -3.19. The van der Waals surface area contributed by atoms with Crippen LogP contribution in [0.3, 0.4) is 0 Å². The molecule has 0 saturated carbocycles. The highest BCUT2D eigenvalue weighted by molar-refractivity contribution is 7.48. The number of phosphoric ester groups is 1. The Balaban J connectivity index is 2.35. The molecule has 1 heterocycles. The Morgan fingerprint density at radius 1 is 1.55 bits per heavy atom. The number of phosphoric acid groups is 1. The van der Waals surface area contributed by atoms with Gasteiger partial charge in [-0.1, -0.05) is 6.92 Å². The van der Waals surface area contributed by atoms with Crippen LogP contribution < -0.4 is 0 Å². The van der Waals surface area contributed by atoms with Crippen LogP contribution in [-0.4, -0.2) is 13.2 Å². The smallest absolute Gasteiger partial charge is 0.412 e. The second kappa shape index (κ2) is 3.90. The molecule has 1 fully saturated rings. The predicted molar refractivity (Wildman–Crippen MR) is 40.0 cm³/mol. The van der Waals surface area contributed by atoms with Gasteiger partial charge < -0.3 is 4.52 Å². The summed E-state index contributed by atoms with van der Waals surface area (Å²) in [5, 5.41) is 0. The van der Waals surface area contributed by atoms with Gasteiger partial charge in [0.1, 0.15) is 0 Å². The molecule has 1 aliphatic rings. The number of rotatable bonds is 3. The fraction of sp³-hybridized carbons (Fsp3) is 0.667. The third kappa shape index (κ3) is 2.66. The molecule has 4 nitrogen and oxygen atoms in total. The van der Waals surface area contributed by atoms with E-state index in [9.17, 15) is 4.57 Å².